The molecule has 5 nitrogen and oxygen atoms in total. The van der Waals surface area contributed by atoms with Gasteiger partial charge in [-0.25, -0.2) is 9.97 Å². The molecule has 2 aromatic heterocycles. The Morgan fingerprint density at radius 1 is 1.27 bits per heavy atom. The molecule has 0 atom stereocenters. The molecule has 6 heteroatoms. The van der Waals surface area contributed by atoms with E-state index in [2.05, 4.69) is 15.3 Å². The molecule has 0 aliphatic rings. The lowest BCUT2D eigenvalue weighted by Crippen LogP contribution is -2.24. The minimum Gasteiger partial charge on any atom is -0.362 e. The average molecular weight is 312 g/mol. The molecule has 3 aromatic rings. The molecule has 3 rings (SSSR count). The van der Waals surface area contributed by atoms with Crippen LogP contribution in [0.4, 0.5) is 5.82 Å². The molecule has 0 unspecified atom stereocenters. The highest BCUT2D eigenvalue weighted by Gasteiger charge is 2.10. The Balaban J connectivity index is 1.74. The Hall–Kier alpha value is -2.47. The number of anilines is 1. The van der Waals surface area contributed by atoms with Crippen molar-refractivity contribution in [3.8, 4) is 0 Å². The molecule has 1 N–H and O–H groups in total. The fourth-order valence-electron chi connectivity index (χ4n) is 2.24. The number of aromatic nitrogens is 2. The summed E-state index contributed by atoms with van der Waals surface area (Å²) in [6.45, 7) is 0.445. The van der Waals surface area contributed by atoms with E-state index in [0.717, 1.165) is 21.6 Å². The first kappa shape index (κ1) is 14.5. The number of carbonyl (C=O) groups excluding carboxylic acids is 1. The van der Waals surface area contributed by atoms with Crippen LogP contribution in [0.2, 0.25) is 0 Å². The summed E-state index contributed by atoms with van der Waals surface area (Å²) in [6.07, 6.45) is 1.75. The molecule has 0 saturated heterocycles. The van der Waals surface area contributed by atoms with Gasteiger partial charge in [0, 0.05) is 38.0 Å². The van der Waals surface area contributed by atoms with Crippen LogP contribution >= 0.6 is 11.3 Å². The number of hydrogen-bond acceptors (Lipinski definition) is 5. The predicted molar refractivity (Wildman–Crippen MR) is 89.4 cm³/mol. The van der Waals surface area contributed by atoms with Gasteiger partial charge in [-0.3, -0.25) is 4.79 Å². The lowest BCUT2D eigenvalue weighted by atomic mass is 10.2. The summed E-state index contributed by atoms with van der Waals surface area (Å²) in [5.41, 5.74) is 4.33. The SMILES string of the molecule is CN(C)c1ncccc1CNC(=O)c1ccc2ncsc2c1. The second-order valence-corrected chi connectivity index (χ2v) is 5.98. The van der Waals surface area contributed by atoms with E-state index >= 15 is 0 Å². The third kappa shape index (κ3) is 2.92. The molecule has 0 spiro atoms. The van der Waals surface area contributed by atoms with Gasteiger partial charge in [0.15, 0.2) is 0 Å². The largest absolute Gasteiger partial charge is 0.362 e. The maximum atomic E-state index is 12.3. The number of nitrogens with one attached hydrogen (secondary N) is 1. The number of fused-ring (bicyclic) bond motifs is 1. The van der Waals surface area contributed by atoms with Crippen molar-refractivity contribution in [1.82, 2.24) is 15.3 Å². The summed E-state index contributed by atoms with van der Waals surface area (Å²) < 4.78 is 1.02. The van der Waals surface area contributed by atoms with Gasteiger partial charge >= 0.3 is 0 Å². The zero-order chi connectivity index (χ0) is 15.5. The van der Waals surface area contributed by atoms with E-state index in [-0.39, 0.29) is 5.91 Å². The van der Waals surface area contributed by atoms with Gasteiger partial charge in [-0.2, -0.15) is 0 Å². The van der Waals surface area contributed by atoms with E-state index in [4.69, 9.17) is 0 Å². The van der Waals surface area contributed by atoms with Gasteiger partial charge < -0.3 is 10.2 Å². The normalized spacial score (nSPS) is 10.6. The first-order valence-electron chi connectivity index (χ1n) is 6.88. The quantitative estimate of drug-likeness (QED) is 0.805. The highest BCUT2D eigenvalue weighted by atomic mass is 32.1. The van der Waals surface area contributed by atoms with Crippen molar-refractivity contribution in [3.05, 3.63) is 53.2 Å². The maximum absolute atomic E-state index is 12.3. The van der Waals surface area contributed by atoms with Gasteiger partial charge in [-0.15, -0.1) is 11.3 Å². The summed E-state index contributed by atoms with van der Waals surface area (Å²) in [5, 5.41) is 2.95. The van der Waals surface area contributed by atoms with Crippen LogP contribution in [0.25, 0.3) is 10.2 Å². The summed E-state index contributed by atoms with van der Waals surface area (Å²) >= 11 is 1.53. The van der Waals surface area contributed by atoms with Gasteiger partial charge in [0.25, 0.3) is 5.91 Å². The van der Waals surface area contributed by atoms with Gasteiger partial charge in [0.1, 0.15) is 5.82 Å². The molecule has 0 saturated carbocycles. The van der Waals surface area contributed by atoms with E-state index in [9.17, 15) is 4.79 Å². The molecule has 2 heterocycles. The number of thiazole rings is 1. The number of rotatable bonds is 4. The first-order valence-corrected chi connectivity index (χ1v) is 7.76. The van der Waals surface area contributed by atoms with Crippen molar-refractivity contribution in [2.45, 2.75) is 6.54 Å². The summed E-state index contributed by atoms with van der Waals surface area (Å²) in [4.78, 5) is 22.8. The van der Waals surface area contributed by atoms with E-state index < -0.39 is 0 Å². The second-order valence-electron chi connectivity index (χ2n) is 5.10. The Morgan fingerprint density at radius 2 is 2.14 bits per heavy atom. The van der Waals surface area contributed by atoms with E-state index in [0.29, 0.717) is 12.1 Å². The molecule has 1 amide bonds. The highest BCUT2D eigenvalue weighted by Crippen LogP contribution is 2.19. The number of nitrogens with zero attached hydrogens (tertiary/aromatic N) is 3. The molecule has 0 aliphatic carbocycles. The van der Waals surface area contributed by atoms with Crippen molar-refractivity contribution >= 4 is 33.3 Å². The Labute approximate surface area is 132 Å². The van der Waals surface area contributed by atoms with Crippen LogP contribution in [0.5, 0.6) is 0 Å². The molecule has 0 aliphatic heterocycles. The Morgan fingerprint density at radius 3 is 2.95 bits per heavy atom. The minimum atomic E-state index is -0.0936. The molecular weight excluding hydrogens is 296 g/mol. The molecule has 0 radical (unpaired) electrons. The number of carbonyl (C=O) groups is 1. The zero-order valence-electron chi connectivity index (χ0n) is 12.4. The third-order valence-electron chi connectivity index (χ3n) is 3.32. The zero-order valence-corrected chi connectivity index (χ0v) is 13.2. The van der Waals surface area contributed by atoms with Crippen molar-refractivity contribution < 1.29 is 4.79 Å². The first-order chi connectivity index (χ1) is 10.6. The number of hydrogen-bond donors (Lipinski definition) is 1. The van der Waals surface area contributed by atoms with Crippen LogP contribution in [0.15, 0.2) is 42.0 Å². The summed E-state index contributed by atoms with van der Waals surface area (Å²) in [7, 11) is 3.87. The van der Waals surface area contributed by atoms with Crippen LogP contribution in [-0.4, -0.2) is 30.0 Å². The third-order valence-corrected chi connectivity index (χ3v) is 4.12. The van der Waals surface area contributed by atoms with Crippen LogP contribution in [0, 0.1) is 0 Å². The van der Waals surface area contributed by atoms with Gasteiger partial charge in [0.2, 0.25) is 0 Å². The van der Waals surface area contributed by atoms with E-state index in [1.165, 1.54) is 11.3 Å². The maximum Gasteiger partial charge on any atom is 0.251 e. The molecule has 0 bridgehead atoms. The molecule has 1 aromatic carbocycles. The van der Waals surface area contributed by atoms with Gasteiger partial charge in [0.05, 0.1) is 15.7 Å². The molecule has 0 fully saturated rings. The van der Waals surface area contributed by atoms with Crippen LogP contribution in [0.1, 0.15) is 15.9 Å². The fourth-order valence-corrected chi connectivity index (χ4v) is 2.96. The van der Waals surface area contributed by atoms with Crippen molar-refractivity contribution in [1.29, 1.82) is 0 Å². The standard InChI is InChI=1S/C16H16N4OS/c1-20(2)15-12(4-3-7-17-15)9-18-16(21)11-5-6-13-14(8-11)22-10-19-13/h3-8,10H,9H2,1-2H3,(H,18,21). The van der Waals surface area contributed by atoms with Crippen LogP contribution in [-0.2, 0) is 6.54 Å². The fraction of sp³-hybridized carbons (Fsp3) is 0.188. The highest BCUT2D eigenvalue weighted by molar-refractivity contribution is 7.16. The van der Waals surface area contributed by atoms with Crippen LogP contribution < -0.4 is 10.2 Å². The number of benzene rings is 1. The smallest absolute Gasteiger partial charge is 0.251 e. The van der Waals surface area contributed by atoms with E-state index in [1.54, 1.807) is 17.8 Å². The van der Waals surface area contributed by atoms with Crippen LogP contribution in [0.3, 0.4) is 0 Å². The van der Waals surface area contributed by atoms with Gasteiger partial charge in [-0.1, -0.05) is 6.07 Å². The Kier molecular flexibility index (Phi) is 4.02. The number of pyridine rings is 1. The molecule has 22 heavy (non-hydrogen) atoms. The van der Waals surface area contributed by atoms with Crippen molar-refractivity contribution in [2.75, 3.05) is 19.0 Å². The summed E-state index contributed by atoms with van der Waals surface area (Å²) in [6, 6.07) is 9.38. The topological polar surface area (TPSA) is 58.1 Å². The monoisotopic (exact) mass is 312 g/mol. The number of amides is 1. The molecular formula is C16H16N4OS. The lowest BCUT2D eigenvalue weighted by molar-refractivity contribution is 0.0951. The van der Waals surface area contributed by atoms with E-state index in [1.807, 2.05) is 43.3 Å². The van der Waals surface area contributed by atoms with Gasteiger partial charge in [-0.05, 0) is 24.3 Å². The second kappa shape index (κ2) is 6.11. The van der Waals surface area contributed by atoms with Crippen molar-refractivity contribution in [3.63, 3.8) is 0 Å². The lowest BCUT2D eigenvalue weighted by Gasteiger charge is -2.16. The Bertz CT molecular complexity index is 813. The van der Waals surface area contributed by atoms with Crippen molar-refractivity contribution in [2.24, 2.45) is 0 Å². The predicted octanol–water partition coefficient (Wildman–Crippen LogP) is 2.69. The minimum absolute atomic E-state index is 0.0936. The molecule has 112 valence electrons. The summed E-state index contributed by atoms with van der Waals surface area (Å²) in [5.74, 6) is 0.768. The average Bonchev–Trinajstić information content (AvgIpc) is 3.00.